The normalized spacial score (nSPS) is 10.8. The molecule has 2 aromatic carbocycles. The summed E-state index contributed by atoms with van der Waals surface area (Å²) in [5.74, 6) is -0.417. The number of rotatable bonds is 3. The number of hydrogen-bond acceptors (Lipinski definition) is 1. The van der Waals surface area contributed by atoms with Crippen LogP contribution in [0.1, 0.15) is 21.6 Å². The standard InChI is InChI=1S/C20H19ClN2O/c1-12-5-4-6-15(11-12)18-17(20(22)24)13(2)23(3)19(18)14-7-9-16(21)10-8-14/h4-11H,1-3H3,(H2,22,24). The van der Waals surface area contributed by atoms with Gasteiger partial charge in [-0.1, -0.05) is 53.6 Å². The van der Waals surface area contributed by atoms with Crippen LogP contribution in [0.5, 0.6) is 0 Å². The van der Waals surface area contributed by atoms with E-state index < -0.39 is 5.91 Å². The summed E-state index contributed by atoms with van der Waals surface area (Å²) in [7, 11) is 1.95. The summed E-state index contributed by atoms with van der Waals surface area (Å²) in [4.78, 5) is 12.1. The van der Waals surface area contributed by atoms with E-state index in [-0.39, 0.29) is 0 Å². The van der Waals surface area contributed by atoms with E-state index in [2.05, 4.69) is 6.07 Å². The van der Waals surface area contributed by atoms with Gasteiger partial charge >= 0.3 is 0 Å². The Bertz CT molecular complexity index is 924. The fourth-order valence-corrected chi connectivity index (χ4v) is 3.26. The van der Waals surface area contributed by atoms with Crippen molar-refractivity contribution in [1.29, 1.82) is 0 Å². The number of carbonyl (C=O) groups excluding carboxylic acids is 1. The summed E-state index contributed by atoms with van der Waals surface area (Å²) in [6, 6.07) is 15.7. The van der Waals surface area contributed by atoms with E-state index in [1.807, 2.05) is 67.9 Å². The first-order valence-corrected chi connectivity index (χ1v) is 8.10. The molecule has 4 heteroatoms. The Morgan fingerprint density at radius 2 is 1.71 bits per heavy atom. The highest BCUT2D eigenvalue weighted by molar-refractivity contribution is 6.30. The first kappa shape index (κ1) is 16.3. The molecule has 2 N–H and O–H groups in total. The van der Waals surface area contributed by atoms with Crippen molar-refractivity contribution in [3.63, 3.8) is 0 Å². The molecular formula is C20H19ClN2O. The molecule has 0 atom stereocenters. The van der Waals surface area contributed by atoms with Gasteiger partial charge in [0.15, 0.2) is 0 Å². The van der Waals surface area contributed by atoms with Crippen molar-refractivity contribution in [3.05, 3.63) is 70.4 Å². The molecule has 3 nitrogen and oxygen atoms in total. The number of benzene rings is 2. The summed E-state index contributed by atoms with van der Waals surface area (Å²) in [6.07, 6.45) is 0. The van der Waals surface area contributed by atoms with Gasteiger partial charge in [-0.3, -0.25) is 4.79 Å². The zero-order chi connectivity index (χ0) is 17.4. The van der Waals surface area contributed by atoms with Gasteiger partial charge < -0.3 is 10.3 Å². The van der Waals surface area contributed by atoms with Gasteiger partial charge in [0.1, 0.15) is 0 Å². The largest absolute Gasteiger partial charge is 0.366 e. The van der Waals surface area contributed by atoms with E-state index in [9.17, 15) is 4.79 Å². The first-order chi connectivity index (χ1) is 11.4. The summed E-state index contributed by atoms with van der Waals surface area (Å²) in [6.45, 7) is 3.95. The third kappa shape index (κ3) is 2.72. The van der Waals surface area contributed by atoms with Gasteiger partial charge in [0, 0.05) is 23.3 Å². The van der Waals surface area contributed by atoms with Crippen molar-refractivity contribution in [2.24, 2.45) is 12.8 Å². The number of aryl methyl sites for hydroxylation is 1. The minimum atomic E-state index is -0.417. The molecule has 3 aromatic rings. The minimum absolute atomic E-state index is 0.417. The number of aromatic nitrogens is 1. The van der Waals surface area contributed by atoms with Crippen molar-refractivity contribution in [3.8, 4) is 22.4 Å². The van der Waals surface area contributed by atoms with Crippen LogP contribution in [0.4, 0.5) is 0 Å². The molecule has 0 spiro atoms. The van der Waals surface area contributed by atoms with Crippen molar-refractivity contribution in [1.82, 2.24) is 4.57 Å². The average Bonchev–Trinajstić information content (AvgIpc) is 2.80. The van der Waals surface area contributed by atoms with Crippen molar-refractivity contribution < 1.29 is 4.79 Å². The molecule has 0 saturated heterocycles. The minimum Gasteiger partial charge on any atom is -0.366 e. The quantitative estimate of drug-likeness (QED) is 0.737. The molecule has 1 aromatic heterocycles. The van der Waals surface area contributed by atoms with Gasteiger partial charge in [-0.2, -0.15) is 0 Å². The molecule has 0 bridgehead atoms. The van der Waals surface area contributed by atoms with E-state index in [1.165, 1.54) is 0 Å². The summed E-state index contributed by atoms with van der Waals surface area (Å²) >= 11 is 6.02. The van der Waals surface area contributed by atoms with Gasteiger partial charge in [-0.15, -0.1) is 0 Å². The molecule has 3 rings (SSSR count). The smallest absolute Gasteiger partial charge is 0.251 e. The van der Waals surface area contributed by atoms with E-state index in [1.54, 1.807) is 0 Å². The summed E-state index contributed by atoms with van der Waals surface area (Å²) < 4.78 is 2.01. The number of halogens is 1. The Morgan fingerprint density at radius 1 is 1.04 bits per heavy atom. The van der Waals surface area contributed by atoms with Crippen molar-refractivity contribution in [2.75, 3.05) is 0 Å². The molecule has 0 aliphatic carbocycles. The van der Waals surface area contributed by atoms with Crippen LogP contribution >= 0.6 is 11.6 Å². The van der Waals surface area contributed by atoms with Crippen LogP contribution in [0.2, 0.25) is 5.02 Å². The van der Waals surface area contributed by atoms with Gasteiger partial charge in [-0.05, 0) is 37.1 Å². The molecule has 0 fully saturated rings. The van der Waals surface area contributed by atoms with E-state index >= 15 is 0 Å². The van der Waals surface area contributed by atoms with E-state index in [0.717, 1.165) is 33.6 Å². The van der Waals surface area contributed by atoms with Crippen LogP contribution in [0.3, 0.4) is 0 Å². The predicted octanol–water partition coefficient (Wildman–Crippen LogP) is 4.73. The lowest BCUT2D eigenvalue weighted by molar-refractivity contribution is 0.1000. The maximum atomic E-state index is 12.1. The van der Waals surface area contributed by atoms with Gasteiger partial charge in [0.05, 0.1) is 11.3 Å². The Morgan fingerprint density at radius 3 is 2.29 bits per heavy atom. The number of hydrogen-bond donors (Lipinski definition) is 1. The van der Waals surface area contributed by atoms with Gasteiger partial charge in [-0.25, -0.2) is 0 Å². The predicted molar refractivity (Wildman–Crippen MR) is 99.3 cm³/mol. The maximum absolute atomic E-state index is 12.1. The molecule has 122 valence electrons. The summed E-state index contributed by atoms with van der Waals surface area (Å²) in [5, 5.41) is 0.678. The highest BCUT2D eigenvalue weighted by atomic mass is 35.5. The second-order valence-electron chi connectivity index (χ2n) is 5.98. The lowest BCUT2D eigenvalue weighted by Crippen LogP contribution is -2.13. The van der Waals surface area contributed by atoms with Crippen LogP contribution in [-0.2, 0) is 7.05 Å². The first-order valence-electron chi connectivity index (χ1n) is 7.72. The maximum Gasteiger partial charge on any atom is 0.251 e. The lowest BCUT2D eigenvalue weighted by atomic mass is 9.95. The topological polar surface area (TPSA) is 48.0 Å². The van der Waals surface area contributed by atoms with Crippen molar-refractivity contribution in [2.45, 2.75) is 13.8 Å². The zero-order valence-corrected chi connectivity index (χ0v) is 14.7. The molecule has 0 saturated carbocycles. The van der Waals surface area contributed by atoms with Crippen LogP contribution in [0.15, 0.2) is 48.5 Å². The van der Waals surface area contributed by atoms with Crippen LogP contribution < -0.4 is 5.73 Å². The molecule has 1 amide bonds. The molecule has 24 heavy (non-hydrogen) atoms. The Labute approximate surface area is 146 Å². The highest BCUT2D eigenvalue weighted by Gasteiger charge is 2.24. The average molecular weight is 339 g/mol. The number of amides is 1. The monoisotopic (exact) mass is 338 g/mol. The molecule has 0 radical (unpaired) electrons. The third-order valence-electron chi connectivity index (χ3n) is 4.36. The Hall–Kier alpha value is -2.52. The number of nitrogens with zero attached hydrogens (tertiary/aromatic N) is 1. The number of nitrogens with two attached hydrogens (primary N) is 1. The number of primary amides is 1. The van der Waals surface area contributed by atoms with Crippen molar-refractivity contribution >= 4 is 17.5 Å². The Balaban J connectivity index is 2.38. The lowest BCUT2D eigenvalue weighted by Gasteiger charge is -2.10. The number of carbonyl (C=O) groups is 1. The van der Waals surface area contributed by atoms with Crippen LogP contribution in [-0.4, -0.2) is 10.5 Å². The highest BCUT2D eigenvalue weighted by Crippen LogP contribution is 2.39. The van der Waals surface area contributed by atoms with Gasteiger partial charge in [0.2, 0.25) is 0 Å². The molecule has 0 unspecified atom stereocenters. The molecular weight excluding hydrogens is 320 g/mol. The third-order valence-corrected chi connectivity index (χ3v) is 4.61. The second kappa shape index (κ2) is 6.17. The van der Waals surface area contributed by atoms with Crippen LogP contribution in [0, 0.1) is 13.8 Å². The zero-order valence-electron chi connectivity index (χ0n) is 13.9. The molecule has 0 aliphatic rings. The van der Waals surface area contributed by atoms with Crippen LogP contribution in [0.25, 0.3) is 22.4 Å². The fraction of sp³-hybridized carbons (Fsp3) is 0.150. The fourth-order valence-electron chi connectivity index (χ4n) is 3.13. The second-order valence-corrected chi connectivity index (χ2v) is 6.42. The van der Waals surface area contributed by atoms with E-state index in [4.69, 9.17) is 17.3 Å². The summed E-state index contributed by atoms with van der Waals surface area (Å²) in [5.41, 5.74) is 12.1. The molecule has 1 heterocycles. The SMILES string of the molecule is Cc1cccc(-c2c(C(N)=O)c(C)n(C)c2-c2ccc(Cl)cc2)c1. The van der Waals surface area contributed by atoms with E-state index in [0.29, 0.717) is 10.6 Å². The molecule has 0 aliphatic heterocycles. The Kier molecular flexibility index (Phi) is 4.20. The van der Waals surface area contributed by atoms with Gasteiger partial charge in [0.25, 0.3) is 5.91 Å².